The molecule has 1 aliphatic rings. The topological polar surface area (TPSA) is 59.0 Å². The molecule has 1 aliphatic heterocycles. The number of carboxylic acids is 1. The summed E-state index contributed by atoms with van der Waals surface area (Å²) in [4.78, 5) is 13.5. The number of carbonyl (C=O) groups is 1. The predicted octanol–water partition coefficient (Wildman–Crippen LogP) is 2.42. The maximum Gasteiger partial charge on any atom is 0.308 e. The van der Waals surface area contributed by atoms with Crippen molar-refractivity contribution in [3.05, 3.63) is 23.8 Å². The number of carboxylic acid groups (broad SMARTS) is 1. The van der Waals surface area contributed by atoms with E-state index in [9.17, 15) is 9.90 Å². The molecule has 21 heavy (non-hydrogen) atoms. The molecule has 0 spiro atoms. The van der Waals surface area contributed by atoms with Crippen LogP contribution in [0.3, 0.4) is 0 Å². The van der Waals surface area contributed by atoms with Crippen molar-refractivity contribution in [2.45, 2.75) is 19.9 Å². The van der Waals surface area contributed by atoms with Crippen LogP contribution in [-0.4, -0.2) is 43.3 Å². The van der Waals surface area contributed by atoms with E-state index in [1.54, 1.807) is 14.2 Å². The second kappa shape index (κ2) is 6.35. The zero-order chi connectivity index (χ0) is 15.6. The van der Waals surface area contributed by atoms with Crippen molar-refractivity contribution in [3.63, 3.8) is 0 Å². The zero-order valence-corrected chi connectivity index (χ0v) is 13.0. The molecule has 3 unspecified atom stereocenters. The van der Waals surface area contributed by atoms with Gasteiger partial charge in [0.05, 0.1) is 20.1 Å². The summed E-state index contributed by atoms with van der Waals surface area (Å²) in [6, 6.07) is 5.86. The molecule has 5 heteroatoms. The van der Waals surface area contributed by atoms with E-state index in [0.29, 0.717) is 6.54 Å². The monoisotopic (exact) mass is 293 g/mol. The van der Waals surface area contributed by atoms with Gasteiger partial charge in [0.15, 0.2) is 0 Å². The largest absolute Gasteiger partial charge is 0.497 e. The van der Waals surface area contributed by atoms with Crippen molar-refractivity contribution in [1.29, 1.82) is 0 Å². The van der Waals surface area contributed by atoms with E-state index >= 15 is 0 Å². The fraction of sp³-hybridized carbons (Fsp3) is 0.562. The quantitative estimate of drug-likeness (QED) is 0.903. The molecule has 2 rings (SSSR count). The number of likely N-dealkylation sites (tertiary alicyclic amines) is 1. The lowest BCUT2D eigenvalue weighted by atomic mass is 9.99. The normalized spacial score (nSPS) is 23.8. The summed E-state index contributed by atoms with van der Waals surface area (Å²) in [7, 11) is 3.26. The van der Waals surface area contributed by atoms with Gasteiger partial charge in [-0.15, -0.1) is 0 Å². The summed E-state index contributed by atoms with van der Waals surface area (Å²) in [5.41, 5.74) is 1.05. The minimum atomic E-state index is -0.709. The van der Waals surface area contributed by atoms with Crippen LogP contribution in [0, 0.1) is 11.8 Å². The van der Waals surface area contributed by atoms with Gasteiger partial charge in [0.2, 0.25) is 0 Å². The number of hydrogen-bond acceptors (Lipinski definition) is 4. The van der Waals surface area contributed by atoms with Gasteiger partial charge in [0, 0.05) is 30.8 Å². The van der Waals surface area contributed by atoms with Crippen molar-refractivity contribution in [3.8, 4) is 11.5 Å². The molecule has 116 valence electrons. The Balaban J connectivity index is 2.21. The minimum absolute atomic E-state index is 0.109. The SMILES string of the molecule is COc1ccc(C(C)N2CC(C)C(C(=O)O)C2)c(OC)c1. The van der Waals surface area contributed by atoms with E-state index in [0.717, 1.165) is 23.6 Å². The van der Waals surface area contributed by atoms with Gasteiger partial charge in [0.1, 0.15) is 11.5 Å². The molecule has 1 saturated heterocycles. The average Bonchev–Trinajstić information content (AvgIpc) is 2.88. The van der Waals surface area contributed by atoms with Gasteiger partial charge in [-0.05, 0) is 18.9 Å². The van der Waals surface area contributed by atoms with Crippen LogP contribution >= 0.6 is 0 Å². The van der Waals surface area contributed by atoms with E-state index in [1.165, 1.54) is 0 Å². The molecule has 1 aromatic carbocycles. The summed E-state index contributed by atoms with van der Waals surface area (Å²) in [5.74, 6) is 0.680. The Bertz CT molecular complexity index is 517. The van der Waals surface area contributed by atoms with Gasteiger partial charge >= 0.3 is 5.97 Å². The van der Waals surface area contributed by atoms with Crippen LogP contribution in [-0.2, 0) is 4.79 Å². The van der Waals surface area contributed by atoms with Gasteiger partial charge in [0.25, 0.3) is 0 Å². The molecule has 1 aromatic rings. The molecule has 0 amide bonds. The summed E-state index contributed by atoms with van der Waals surface area (Å²) in [6.45, 7) is 5.44. The van der Waals surface area contributed by atoms with Crippen LogP contribution < -0.4 is 9.47 Å². The number of nitrogens with zero attached hydrogens (tertiary/aromatic N) is 1. The maximum absolute atomic E-state index is 11.3. The standard InChI is InChI=1S/C16H23NO4/c1-10-8-17(9-14(10)16(18)19)11(2)13-6-5-12(20-3)7-15(13)21-4/h5-7,10-11,14H,8-9H2,1-4H3,(H,18,19). The highest BCUT2D eigenvalue weighted by atomic mass is 16.5. The summed E-state index contributed by atoms with van der Waals surface area (Å²) >= 11 is 0. The molecule has 0 aromatic heterocycles. The Kier molecular flexibility index (Phi) is 4.73. The van der Waals surface area contributed by atoms with E-state index in [-0.39, 0.29) is 17.9 Å². The smallest absolute Gasteiger partial charge is 0.308 e. The maximum atomic E-state index is 11.3. The highest BCUT2D eigenvalue weighted by molar-refractivity contribution is 5.71. The van der Waals surface area contributed by atoms with Crippen LogP contribution in [0.25, 0.3) is 0 Å². The number of benzene rings is 1. The van der Waals surface area contributed by atoms with Gasteiger partial charge in [-0.1, -0.05) is 13.0 Å². The van der Waals surface area contributed by atoms with Gasteiger partial charge in [-0.25, -0.2) is 0 Å². The summed E-state index contributed by atoms with van der Waals surface area (Å²) in [5, 5.41) is 9.25. The lowest BCUT2D eigenvalue weighted by molar-refractivity contribution is -0.142. The number of methoxy groups -OCH3 is 2. The van der Waals surface area contributed by atoms with Crippen molar-refractivity contribution in [1.82, 2.24) is 4.90 Å². The van der Waals surface area contributed by atoms with Crippen molar-refractivity contribution in [2.24, 2.45) is 11.8 Å². The molecule has 0 radical (unpaired) electrons. The molecule has 3 atom stereocenters. The van der Waals surface area contributed by atoms with Crippen LogP contribution in [0.1, 0.15) is 25.5 Å². The average molecular weight is 293 g/mol. The Labute approximate surface area is 125 Å². The molecular formula is C16H23NO4. The Morgan fingerprint density at radius 1 is 1.33 bits per heavy atom. The molecule has 5 nitrogen and oxygen atoms in total. The summed E-state index contributed by atoms with van der Waals surface area (Å²) < 4.78 is 10.7. The van der Waals surface area contributed by atoms with E-state index in [2.05, 4.69) is 11.8 Å². The van der Waals surface area contributed by atoms with Crippen molar-refractivity contribution in [2.75, 3.05) is 27.3 Å². The molecule has 1 heterocycles. The fourth-order valence-electron chi connectivity index (χ4n) is 3.00. The second-order valence-electron chi connectivity index (χ2n) is 5.66. The first-order valence-corrected chi connectivity index (χ1v) is 7.16. The lowest BCUT2D eigenvalue weighted by Gasteiger charge is -2.26. The van der Waals surface area contributed by atoms with Gasteiger partial charge < -0.3 is 14.6 Å². The Hall–Kier alpha value is -1.75. The third-order valence-electron chi connectivity index (χ3n) is 4.40. The molecule has 0 aliphatic carbocycles. The third kappa shape index (κ3) is 3.13. The van der Waals surface area contributed by atoms with Crippen LogP contribution in [0.2, 0.25) is 0 Å². The van der Waals surface area contributed by atoms with Gasteiger partial charge in [-0.2, -0.15) is 0 Å². The summed E-state index contributed by atoms with van der Waals surface area (Å²) in [6.07, 6.45) is 0. The van der Waals surface area contributed by atoms with Crippen molar-refractivity contribution < 1.29 is 19.4 Å². The van der Waals surface area contributed by atoms with E-state index < -0.39 is 5.97 Å². The van der Waals surface area contributed by atoms with Crippen LogP contribution in [0.15, 0.2) is 18.2 Å². The first-order valence-electron chi connectivity index (χ1n) is 7.16. The van der Waals surface area contributed by atoms with Crippen LogP contribution in [0.4, 0.5) is 0 Å². The highest BCUT2D eigenvalue weighted by Gasteiger charge is 2.37. The molecular weight excluding hydrogens is 270 g/mol. The zero-order valence-electron chi connectivity index (χ0n) is 13.0. The van der Waals surface area contributed by atoms with Gasteiger partial charge in [-0.3, -0.25) is 9.69 Å². The first kappa shape index (κ1) is 15.6. The molecule has 1 N–H and O–H groups in total. The number of rotatable bonds is 5. The third-order valence-corrected chi connectivity index (χ3v) is 4.40. The Morgan fingerprint density at radius 2 is 2.05 bits per heavy atom. The van der Waals surface area contributed by atoms with Crippen molar-refractivity contribution >= 4 is 5.97 Å². The van der Waals surface area contributed by atoms with E-state index in [4.69, 9.17) is 9.47 Å². The number of aliphatic carboxylic acids is 1. The minimum Gasteiger partial charge on any atom is -0.497 e. The van der Waals surface area contributed by atoms with E-state index in [1.807, 2.05) is 25.1 Å². The molecule has 1 fully saturated rings. The first-order chi connectivity index (χ1) is 9.97. The lowest BCUT2D eigenvalue weighted by Crippen LogP contribution is -2.26. The second-order valence-corrected chi connectivity index (χ2v) is 5.66. The van der Waals surface area contributed by atoms with Crippen LogP contribution in [0.5, 0.6) is 11.5 Å². The number of hydrogen-bond donors (Lipinski definition) is 1. The highest BCUT2D eigenvalue weighted by Crippen LogP contribution is 2.36. The molecule has 0 bridgehead atoms. The molecule has 0 saturated carbocycles. The predicted molar refractivity (Wildman–Crippen MR) is 79.8 cm³/mol. The fourth-order valence-corrected chi connectivity index (χ4v) is 3.00. The Morgan fingerprint density at radius 3 is 2.57 bits per heavy atom. The number of ether oxygens (including phenoxy) is 2.